The van der Waals surface area contributed by atoms with E-state index in [1.165, 1.54) is 11.8 Å². The Morgan fingerprint density at radius 2 is 1.63 bits per heavy atom. The summed E-state index contributed by atoms with van der Waals surface area (Å²) < 4.78 is 45.7. The van der Waals surface area contributed by atoms with Crippen LogP contribution in [0.5, 0.6) is 0 Å². The summed E-state index contributed by atoms with van der Waals surface area (Å²) in [4.78, 5) is 35.7. The summed E-state index contributed by atoms with van der Waals surface area (Å²) >= 11 is 1.30. The van der Waals surface area contributed by atoms with Gasteiger partial charge in [0, 0.05) is 12.5 Å². The fraction of sp³-hybridized carbons (Fsp3) is 0.375. The van der Waals surface area contributed by atoms with Crippen LogP contribution in [0.1, 0.15) is 23.5 Å². The summed E-state index contributed by atoms with van der Waals surface area (Å²) in [5.74, 6) is -5.52. The number of alkyl carbamates (subject to hydrolysis) is 1. The third-order valence-corrected chi connectivity index (χ3v) is 6.37. The molecule has 2 atom stereocenters. The van der Waals surface area contributed by atoms with E-state index in [1.807, 2.05) is 59.2 Å². The highest BCUT2D eigenvalue weighted by atomic mass is 32.2. The van der Waals surface area contributed by atoms with Gasteiger partial charge in [0.2, 0.25) is 5.91 Å². The zero-order valence-corrected chi connectivity index (χ0v) is 19.6. The molecule has 1 aliphatic carbocycles. The Morgan fingerprint density at radius 3 is 2.14 bits per heavy atom. The molecule has 188 valence electrons. The van der Waals surface area contributed by atoms with Crippen LogP contribution in [0.4, 0.5) is 18.0 Å². The average molecular weight is 511 g/mol. The lowest BCUT2D eigenvalue weighted by atomic mass is 9.98. The summed E-state index contributed by atoms with van der Waals surface area (Å²) in [6.45, 7) is -1.18. The van der Waals surface area contributed by atoms with E-state index in [2.05, 4.69) is 0 Å². The number of carbonyl (C=O) groups is 3. The molecule has 0 fully saturated rings. The molecule has 0 saturated heterocycles. The van der Waals surface area contributed by atoms with Crippen molar-refractivity contribution in [1.29, 1.82) is 0 Å². The van der Waals surface area contributed by atoms with Gasteiger partial charge in [-0.25, -0.2) is 9.59 Å². The van der Waals surface area contributed by atoms with Crippen LogP contribution >= 0.6 is 11.8 Å². The minimum Gasteiger partial charge on any atom is -0.480 e. The first-order valence-corrected chi connectivity index (χ1v) is 12.2. The van der Waals surface area contributed by atoms with Gasteiger partial charge in [0.25, 0.3) is 0 Å². The smallest absolute Gasteiger partial charge is 0.407 e. The van der Waals surface area contributed by atoms with E-state index in [4.69, 9.17) is 9.84 Å². The van der Waals surface area contributed by atoms with E-state index in [-0.39, 0.29) is 18.9 Å². The molecule has 11 heteroatoms. The Morgan fingerprint density at radius 1 is 1.06 bits per heavy atom. The molecule has 7 nitrogen and oxygen atoms in total. The topological polar surface area (TPSA) is 105 Å². The predicted molar refractivity (Wildman–Crippen MR) is 125 cm³/mol. The highest BCUT2D eigenvalue weighted by Gasteiger charge is 2.46. The SMILES string of the molecule is CSCC[C@@H](NC(=O)C(CNC(=O)OCC1c2ccccc2-c2ccccc21)C(F)(F)F)C(=O)O. The molecule has 2 aromatic carbocycles. The monoisotopic (exact) mass is 510 g/mol. The second kappa shape index (κ2) is 11.5. The number of carbonyl (C=O) groups excluding carboxylic acids is 2. The second-order valence-electron chi connectivity index (χ2n) is 7.98. The quantitative estimate of drug-likeness (QED) is 0.446. The minimum absolute atomic E-state index is 0.0351. The van der Waals surface area contributed by atoms with Gasteiger partial charge in [-0.05, 0) is 40.7 Å². The summed E-state index contributed by atoms with van der Waals surface area (Å²) in [5, 5.41) is 13.1. The number of alkyl halides is 3. The van der Waals surface area contributed by atoms with E-state index in [1.54, 1.807) is 6.26 Å². The molecule has 0 bridgehead atoms. The summed E-state index contributed by atoms with van der Waals surface area (Å²) in [6, 6.07) is 13.7. The van der Waals surface area contributed by atoms with Gasteiger partial charge in [0.05, 0.1) is 0 Å². The van der Waals surface area contributed by atoms with Crippen molar-refractivity contribution < 1.29 is 37.4 Å². The van der Waals surface area contributed by atoms with Crippen LogP contribution in [-0.4, -0.2) is 60.5 Å². The molecule has 0 heterocycles. The van der Waals surface area contributed by atoms with Gasteiger partial charge in [-0.2, -0.15) is 24.9 Å². The molecule has 2 amide bonds. The van der Waals surface area contributed by atoms with Crippen molar-refractivity contribution in [1.82, 2.24) is 10.6 Å². The van der Waals surface area contributed by atoms with E-state index in [0.717, 1.165) is 22.3 Å². The van der Waals surface area contributed by atoms with Gasteiger partial charge in [-0.1, -0.05) is 48.5 Å². The molecule has 0 spiro atoms. The van der Waals surface area contributed by atoms with Crippen molar-refractivity contribution >= 4 is 29.7 Å². The molecule has 2 aromatic rings. The first kappa shape index (κ1) is 26.4. The maximum Gasteiger partial charge on any atom is 0.407 e. The number of fused-ring (bicyclic) bond motifs is 3. The fourth-order valence-corrected chi connectivity index (χ4v) is 4.43. The third-order valence-electron chi connectivity index (χ3n) is 5.73. The minimum atomic E-state index is -5.00. The first-order chi connectivity index (χ1) is 16.6. The maximum atomic E-state index is 13.5. The lowest BCUT2D eigenvalue weighted by Gasteiger charge is -2.22. The van der Waals surface area contributed by atoms with Crippen molar-refractivity contribution in [3.8, 4) is 11.1 Å². The van der Waals surface area contributed by atoms with Crippen LogP contribution in [0.15, 0.2) is 48.5 Å². The summed E-state index contributed by atoms with van der Waals surface area (Å²) in [5.41, 5.74) is 3.89. The average Bonchev–Trinajstić information content (AvgIpc) is 3.13. The molecular formula is C24H25F3N2O5S. The zero-order valence-electron chi connectivity index (χ0n) is 18.8. The number of hydrogen-bond acceptors (Lipinski definition) is 5. The Kier molecular flexibility index (Phi) is 8.66. The fourth-order valence-electron chi connectivity index (χ4n) is 3.96. The number of rotatable bonds is 10. The molecule has 0 aromatic heterocycles. The van der Waals surface area contributed by atoms with Crippen LogP contribution in [-0.2, 0) is 14.3 Å². The number of carboxylic acid groups (broad SMARTS) is 1. The first-order valence-electron chi connectivity index (χ1n) is 10.8. The molecular weight excluding hydrogens is 485 g/mol. The number of hydrogen-bond donors (Lipinski definition) is 3. The predicted octanol–water partition coefficient (Wildman–Crippen LogP) is 4.03. The number of carboxylic acids is 1. The maximum absolute atomic E-state index is 13.5. The Bertz CT molecular complexity index is 1030. The Hall–Kier alpha value is -3.21. The molecule has 3 N–H and O–H groups in total. The largest absolute Gasteiger partial charge is 0.480 e. The number of nitrogens with one attached hydrogen (secondary N) is 2. The number of ether oxygens (including phenoxy) is 1. The van der Waals surface area contributed by atoms with E-state index in [9.17, 15) is 27.6 Å². The van der Waals surface area contributed by atoms with Crippen molar-refractivity contribution in [2.75, 3.05) is 25.2 Å². The van der Waals surface area contributed by atoms with Crippen molar-refractivity contribution in [2.45, 2.75) is 24.6 Å². The van der Waals surface area contributed by atoms with Crippen LogP contribution in [0.3, 0.4) is 0 Å². The molecule has 1 aliphatic rings. The summed E-state index contributed by atoms with van der Waals surface area (Å²) in [7, 11) is 0. The normalized spacial score (nSPS) is 14.4. The van der Waals surface area contributed by atoms with Crippen LogP contribution in [0.25, 0.3) is 11.1 Å². The van der Waals surface area contributed by atoms with Gasteiger partial charge in [0.15, 0.2) is 5.92 Å². The Labute approximate surface area is 204 Å². The van der Waals surface area contributed by atoms with Gasteiger partial charge in [-0.15, -0.1) is 0 Å². The van der Waals surface area contributed by atoms with Gasteiger partial charge in [-0.3, -0.25) is 4.79 Å². The highest BCUT2D eigenvalue weighted by Crippen LogP contribution is 2.44. The van der Waals surface area contributed by atoms with Crippen LogP contribution < -0.4 is 10.6 Å². The third kappa shape index (κ3) is 6.47. The molecule has 0 aliphatic heterocycles. The van der Waals surface area contributed by atoms with Gasteiger partial charge >= 0.3 is 18.2 Å². The number of aliphatic carboxylic acids is 1. The number of amides is 2. The highest BCUT2D eigenvalue weighted by molar-refractivity contribution is 7.98. The molecule has 0 radical (unpaired) electrons. The standard InChI is InChI=1S/C24H25F3N2O5S/c1-35-11-10-20(22(31)32)29-21(30)19(24(25,26)27)12-28-23(33)34-13-18-16-8-4-2-6-14(16)15-7-3-5-9-17(15)18/h2-9,18-20H,10-13H2,1H3,(H,28,33)(H,29,30)(H,31,32)/t19?,20-/m1/s1. The number of benzene rings is 2. The van der Waals surface area contributed by atoms with Crippen molar-refractivity contribution in [2.24, 2.45) is 5.92 Å². The van der Waals surface area contributed by atoms with E-state index in [0.29, 0.717) is 5.75 Å². The lowest BCUT2D eigenvalue weighted by Crippen LogP contribution is -2.51. The molecule has 0 saturated carbocycles. The van der Waals surface area contributed by atoms with E-state index >= 15 is 0 Å². The zero-order chi connectivity index (χ0) is 25.6. The summed E-state index contributed by atoms with van der Waals surface area (Å²) in [6.07, 6.45) is -4.43. The number of halogens is 3. The second-order valence-corrected chi connectivity index (χ2v) is 8.97. The molecule has 35 heavy (non-hydrogen) atoms. The van der Waals surface area contributed by atoms with Gasteiger partial charge in [0.1, 0.15) is 12.6 Å². The van der Waals surface area contributed by atoms with Crippen molar-refractivity contribution in [3.05, 3.63) is 59.7 Å². The molecule has 1 unspecified atom stereocenters. The van der Waals surface area contributed by atoms with Crippen LogP contribution in [0.2, 0.25) is 0 Å². The van der Waals surface area contributed by atoms with E-state index < -0.39 is 42.7 Å². The lowest BCUT2D eigenvalue weighted by molar-refractivity contribution is -0.182. The van der Waals surface area contributed by atoms with Gasteiger partial charge < -0.3 is 20.5 Å². The molecule has 3 rings (SSSR count). The number of thioether (sulfide) groups is 1. The van der Waals surface area contributed by atoms with Crippen molar-refractivity contribution in [3.63, 3.8) is 0 Å². The van der Waals surface area contributed by atoms with Crippen LogP contribution in [0, 0.1) is 5.92 Å². The Balaban J connectivity index is 1.61.